The summed E-state index contributed by atoms with van der Waals surface area (Å²) >= 11 is 0. The Morgan fingerprint density at radius 2 is 1.64 bits per heavy atom. The predicted molar refractivity (Wildman–Crippen MR) is 143 cm³/mol. The molecular formula is C32H52O4. The average molecular weight is 501 g/mol. The molecule has 10 atom stereocenters. The van der Waals surface area contributed by atoms with Crippen molar-refractivity contribution in [3.63, 3.8) is 0 Å². The number of carbonyl (C=O) groups excluding carboxylic acids is 1. The molecule has 204 valence electrons. The van der Waals surface area contributed by atoms with Gasteiger partial charge in [-0.15, -0.1) is 0 Å². The maximum atomic E-state index is 13.1. The van der Waals surface area contributed by atoms with Gasteiger partial charge in [-0.05, 0) is 130 Å². The molecule has 5 aliphatic carbocycles. The number of fused-ring (bicyclic) bond motifs is 2. The maximum absolute atomic E-state index is 13.1. The number of hydrogen-bond donors (Lipinski definition) is 1. The van der Waals surface area contributed by atoms with Gasteiger partial charge in [0.05, 0.1) is 24.2 Å². The van der Waals surface area contributed by atoms with Crippen LogP contribution < -0.4 is 0 Å². The number of hydrogen-bond acceptors (Lipinski definition) is 4. The standard InChI is InChI=1S/C32H52O4/c1-21(10-9-15-27(2,3)36-8)22-13-16-29(5)23-11-12-24-30(6,26(34)35-7)25(33)14-17-31(24)20-32(23,31)19-18-28(22,29)4/h9,15,21-25,33H,10-14,16-20H2,1-8H3. The van der Waals surface area contributed by atoms with Gasteiger partial charge in [0.2, 0.25) is 0 Å². The average Bonchev–Trinajstić information content (AvgIpc) is 3.43. The lowest BCUT2D eigenvalue weighted by atomic mass is 9.41. The SMILES string of the molecule is COC(=O)C1(C)C(O)CCC23CC24CCC2(C)C(C(C)CC=CC(C)(C)OC)CCC2(C)C4CCC13. The van der Waals surface area contributed by atoms with E-state index >= 15 is 0 Å². The Balaban J connectivity index is 1.40. The Kier molecular flexibility index (Phi) is 6.17. The van der Waals surface area contributed by atoms with Crippen LogP contribution in [0.1, 0.15) is 106 Å². The predicted octanol–water partition coefficient (Wildman–Crippen LogP) is 6.95. The van der Waals surface area contributed by atoms with Crippen molar-refractivity contribution in [2.45, 2.75) is 117 Å². The molecule has 5 aliphatic rings. The molecule has 0 aromatic carbocycles. The molecule has 0 radical (unpaired) electrons. The van der Waals surface area contributed by atoms with Crippen LogP contribution in [0.15, 0.2) is 12.2 Å². The summed E-state index contributed by atoms with van der Waals surface area (Å²) in [7, 11) is 3.28. The highest BCUT2D eigenvalue weighted by atomic mass is 16.5. The summed E-state index contributed by atoms with van der Waals surface area (Å²) in [6.07, 6.45) is 15.8. The highest BCUT2D eigenvalue weighted by Gasteiger charge is 2.83. The molecule has 5 saturated carbocycles. The van der Waals surface area contributed by atoms with Crippen LogP contribution in [0.3, 0.4) is 0 Å². The molecule has 1 N–H and O–H groups in total. The van der Waals surface area contributed by atoms with Crippen molar-refractivity contribution in [3.8, 4) is 0 Å². The fourth-order valence-corrected chi connectivity index (χ4v) is 11.3. The molecule has 10 unspecified atom stereocenters. The Bertz CT molecular complexity index is 925. The molecule has 0 amide bonds. The number of rotatable bonds is 6. The number of aliphatic hydroxyl groups is 1. The van der Waals surface area contributed by atoms with E-state index in [0.717, 1.165) is 37.5 Å². The molecule has 0 aromatic rings. The zero-order chi connectivity index (χ0) is 26.4. The smallest absolute Gasteiger partial charge is 0.314 e. The number of aliphatic hydroxyl groups excluding tert-OH is 1. The van der Waals surface area contributed by atoms with Gasteiger partial charge in [0.15, 0.2) is 0 Å². The van der Waals surface area contributed by atoms with Crippen LogP contribution >= 0.6 is 0 Å². The van der Waals surface area contributed by atoms with Gasteiger partial charge in [0.25, 0.3) is 0 Å². The van der Waals surface area contributed by atoms with Crippen LogP contribution in [-0.2, 0) is 14.3 Å². The molecule has 5 fully saturated rings. The van der Waals surface area contributed by atoms with Gasteiger partial charge >= 0.3 is 5.97 Å². The van der Waals surface area contributed by atoms with E-state index in [4.69, 9.17) is 9.47 Å². The van der Waals surface area contributed by atoms with Crippen molar-refractivity contribution in [2.75, 3.05) is 14.2 Å². The lowest BCUT2D eigenvalue weighted by Gasteiger charge is -2.63. The van der Waals surface area contributed by atoms with E-state index in [1.807, 2.05) is 6.92 Å². The largest absolute Gasteiger partial charge is 0.469 e. The summed E-state index contributed by atoms with van der Waals surface area (Å²) in [4.78, 5) is 13.1. The Labute approximate surface area is 220 Å². The monoisotopic (exact) mass is 500 g/mol. The van der Waals surface area contributed by atoms with Gasteiger partial charge in [0, 0.05) is 7.11 Å². The lowest BCUT2D eigenvalue weighted by Crippen LogP contribution is -2.60. The van der Waals surface area contributed by atoms with E-state index in [-0.39, 0.29) is 22.9 Å². The second-order valence-electron chi connectivity index (χ2n) is 14.9. The number of carbonyl (C=O) groups is 1. The number of allylic oxidation sites excluding steroid dienone is 1. The second-order valence-corrected chi connectivity index (χ2v) is 14.9. The highest BCUT2D eigenvalue weighted by molar-refractivity contribution is 5.78. The van der Waals surface area contributed by atoms with Gasteiger partial charge in [-0.2, -0.15) is 0 Å². The maximum Gasteiger partial charge on any atom is 0.314 e. The van der Waals surface area contributed by atoms with E-state index < -0.39 is 11.5 Å². The first kappa shape index (κ1) is 26.7. The van der Waals surface area contributed by atoms with Crippen molar-refractivity contribution in [1.29, 1.82) is 0 Å². The first-order valence-electron chi connectivity index (χ1n) is 14.8. The van der Waals surface area contributed by atoms with Crippen molar-refractivity contribution in [2.24, 2.45) is 50.7 Å². The Morgan fingerprint density at radius 1 is 0.972 bits per heavy atom. The molecule has 4 nitrogen and oxygen atoms in total. The summed E-state index contributed by atoms with van der Waals surface area (Å²) < 4.78 is 10.9. The fraction of sp³-hybridized carbons (Fsp3) is 0.906. The number of ether oxygens (including phenoxy) is 2. The summed E-state index contributed by atoms with van der Waals surface area (Å²) in [6.45, 7) is 14.0. The molecule has 36 heavy (non-hydrogen) atoms. The third-order valence-electron chi connectivity index (χ3n) is 13.7. The number of esters is 1. The van der Waals surface area contributed by atoms with E-state index in [2.05, 4.69) is 46.8 Å². The minimum absolute atomic E-state index is 0.189. The molecule has 0 heterocycles. The first-order valence-corrected chi connectivity index (χ1v) is 14.8. The summed E-state index contributed by atoms with van der Waals surface area (Å²) in [6, 6.07) is 0. The van der Waals surface area contributed by atoms with Crippen LogP contribution in [0, 0.1) is 50.7 Å². The lowest BCUT2D eigenvalue weighted by molar-refractivity contribution is -0.191. The van der Waals surface area contributed by atoms with E-state index in [0.29, 0.717) is 22.2 Å². The minimum Gasteiger partial charge on any atom is -0.469 e. The van der Waals surface area contributed by atoms with Crippen molar-refractivity contribution in [1.82, 2.24) is 0 Å². The van der Waals surface area contributed by atoms with Crippen LogP contribution in [0.25, 0.3) is 0 Å². The zero-order valence-electron chi connectivity index (χ0n) is 24.3. The van der Waals surface area contributed by atoms with E-state index in [9.17, 15) is 9.90 Å². The van der Waals surface area contributed by atoms with Crippen molar-refractivity contribution >= 4 is 5.97 Å². The summed E-state index contributed by atoms with van der Waals surface area (Å²) in [5, 5.41) is 11.1. The molecule has 0 aliphatic heterocycles. The highest BCUT2D eigenvalue weighted by Crippen LogP contribution is 2.89. The molecular weight excluding hydrogens is 448 g/mol. The van der Waals surface area contributed by atoms with Crippen molar-refractivity contribution in [3.05, 3.63) is 12.2 Å². The summed E-state index contributed by atoms with van der Waals surface area (Å²) in [5.74, 6) is 2.25. The topological polar surface area (TPSA) is 55.8 Å². The van der Waals surface area contributed by atoms with Gasteiger partial charge < -0.3 is 14.6 Å². The molecule has 0 bridgehead atoms. The van der Waals surface area contributed by atoms with E-state index in [1.54, 1.807) is 7.11 Å². The van der Waals surface area contributed by atoms with Crippen molar-refractivity contribution < 1.29 is 19.4 Å². The summed E-state index contributed by atoms with van der Waals surface area (Å²) in [5.41, 5.74) is 0.407. The van der Waals surface area contributed by atoms with Gasteiger partial charge in [-0.1, -0.05) is 32.9 Å². The Morgan fingerprint density at radius 3 is 2.31 bits per heavy atom. The minimum atomic E-state index is -0.752. The molecule has 5 rings (SSSR count). The Hall–Kier alpha value is -0.870. The van der Waals surface area contributed by atoms with Crippen LogP contribution in [-0.4, -0.2) is 37.0 Å². The van der Waals surface area contributed by atoms with Crippen LogP contribution in [0.4, 0.5) is 0 Å². The second kappa shape index (κ2) is 8.31. The van der Waals surface area contributed by atoms with Crippen LogP contribution in [0.2, 0.25) is 0 Å². The van der Waals surface area contributed by atoms with Gasteiger partial charge in [0.1, 0.15) is 0 Å². The fourth-order valence-electron chi connectivity index (χ4n) is 11.3. The van der Waals surface area contributed by atoms with Crippen LogP contribution in [0.5, 0.6) is 0 Å². The third kappa shape index (κ3) is 3.22. The van der Waals surface area contributed by atoms with E-state index in [1.165, 1.54) is 45.6 Å². The third-order valence-corrected chi connectivity index (χ3v) is 13.7. The van der Waals surface area contributed by atoms with Gasteiger partial charge in [-0.25, -0.2) is 0 Å². The molecule has 4 heteroatoms. The quantitative estimate of drug-likeness (QED) is 0.317. The zero-order valence-corrected chi connectivity index (χ0v) is 24.3. The molecule has 0 aromatic heterocycles. The normalized spacial score (nSPS) is 50.6. The number of methoxy groups -OCH3 is 2. The first-order chi connectivity index (χ1) is 16.8. The molecule has 0 saturated heterocycles. The van der Waals surface area contributed by atoms with Gasteiger partial charge in [-0.3, -0.25) is 4.79 Å². The molecule has 2 spiro atoms.